The summed E-state index contributed by atoms with van der Waals surface area (Å²) in [7, 11) is 1.26. The molecule has 0 bridgehead atoms. The van der Waals surface area contributed by atoms with Gasteiger partial charge in [-0.25, -0.2) is 0 Å². The first-order valence-electron chi connectivity index (χ1n) is 4.28. The second-order valence-corrected chi connectivity index (χ2v) is 4.04. The van der Waals surface area contributed by atoms with Crippen LogP contribution in [0.4, 0.5) is 12.9 Å². The Morgan fingerprint density at radius 2 is 1.93 bits per heavy atom. The Hall–Kier alpha value is -1.17. The first kappa shape index (κ1) is 10.4. The highest BCUT2D eigenvalue weighted by Crippen LogP contribution is 2.30. The van der Waals surface area contributed by atoms with E-state index in [-0.39, 0.29) is 5.75 Å². The number of hydrogen-bond acceptors (Lipinski definition) is 2. The molecule has 1 nitrogen and oxygen atoms in total. The molecule has 0 amide bonds. The number of halogens is 3. The second-order valence-electron chi connectivity index (χ2n) is 3.10. The Balaban J connectivity index is 2.75. The van der Waals surface area contributed by atoms with Crippen molar-refractivity contribution in [2.75, 3.05) is 7.11 Å². The molecule has 0 unspecified atom stereocenters. The van der Waals surface area contributed by atoms with Crippen molar-refractivity contribution in [3.63, 3.8) is 0 Å². The fourth-order valence-electron chi connectivity index (χ4n) is 1.52. The molecule has 1 aromatic heterocycles. The van der Waals surface area contributed by atoms with E-state index in [4.69, 9.17) is 4.74 Å². The molecule has 0 N–H and O–H groups in total. The van der Waals surface area contributed by atoms with Gasteiger partial charge in [0.1, 0.15) is 5.75 Å². The van der Waals surface area contributed by atoms with E-state index in [1.54, 1.807) is 11.4 Å². The average Bonchev–Trinajstić information content (AvgIpc) is 2.61. The molecular formula is C9H7BF3OS-. The quantitative estimate of drug-likeness (QED) is 0.722. The highest BCUT2D eigenvalue weighted by molar-refractivity contribution is 7.17. The normalized spacial score (nSPS) is 12.0. The lowest BCUT2D eigenvalue weighted by atomic mass is 9.79. The van der Waals surface area contributed by atoms with Crippen molar-refractivity contribution >= 4 is 33.9 Å². The molecule has 0 aliphatic rings. The van der Waals surface area contributed by atoms with E-state index >= 15 is 0 Å². The van der Waals surface area contributed by atoms with Crippen molar-refractivity contribution in [1.82, 2.24) is 0 Å². The standard InChI is InChI=1S/C9H7BF3OS/c1-14-9-6-4-5-15-8(6)3-2-7(9)10(11,12)13/h2-5H,1H3/q-1. The number of thiophene rings is 1. The third kappa shape index (κ3) is 1.69. The minimum absolute atomic E-state index is 0.0683. The zero-order valence-electron chi connectivity index (χ0n) is 7.84. The SMILES string of the molecule is COc1c([B-](F)(F)F)ccc2sccc12. The minimum atomic E-state index is -5.02. The van der Waals surface area contributed by atoms with Gasteiger partial charge in [-0.05, 0) is 17.5 Å². The fraction of sp³-hybridized carbons (Fsp3) is 0.111. The Morgan fingerprint density at radius 1 is 1.20 bits per heavy atom. The third-order valence-corrected chi connectivity index (χ3v) is 3.06. The van der Waals surface area contributed by atoms with Crippen LogP contribution in [0.3, 0.4) is 0 Å². The molecule has 0 radical (unpaired) electrons. The van der Waals surface area contributed by atoms with Crippen LogP contribution in [0.5, 0.6) is 5.75 Å². The van der Waals surface area contributed by atoms with Crippen LogP contribution in [0, 0.1) is 0 Å². The minimum Gasteiger partial charge on any atom is -0.499 e. The van der Waals surface area contributed by atoms with E-state index in [2.05, 4.69) is 0 Å². The molecule has 0 saturated heterocycles. The van der Waals surface area contributed by atoms with Crippen molar-refractivity contribution in [3.05, 3.63) is 23.6 Å². The Labute approximate surface area is 88.5 Å². The van der Waals surface area contributed by atoms with Gasteiger partial charge in [-0.3, -0.25) is 0 Å². The molecular weight excluding hydrogens is 224 g/mol. The van der Waals surface area contributed by atoms with Crippen molar-refractivity contribution in [1.29, 1.82) is 0 Å². The van der Waals surface area contributed by atoms with Crippen LogP contribution in [0.25, 0.3) is 10.1 Å². The van der Waals surface area contributed by atoms with E-state index < -0.39 is 12.4 Å². The average molecular weight is 231 g/mol. The van der Waals surface area contributed by atoms with Crippen LogP contribution in [-0.4, -0.2) is 14.1 Å². The molecule has 0 aliphatic carbocycles. The number of hydrogen-bond donors (Lipinski definition) is 0. The summed E-state index contributed by atoms with van der Waals surface area (Å²) in [6.45, 7) is -5.02. The smallest absolute Gasteiger partial charge is 0.499 e. The van der Waals surface area contributed by atoms with E-state index in [1.807, 2.05) is 0 Å². The maximum absolute atomic E-state index is 12.7. The summed E-state index contributed by atoms with van der Waals surface area (Å²) in [5, 5.41) is 2.28. The third-order valence-electron chi connectivity index (χ3n) is 2.17. The molecule has 0 spiro atoms. The molecule has 0 aliphatic heterocycles. The first-order chi connectivity index (χ1) is 7.04. The molecule has 1 heterocycles. The first-order valence-corrected chi connectivity index (χ1v) is 5.16. The largest absolute Gasteiger partial charge is 0.513 e. The van der Waals surface area contributed by atoms with Crippen LogP contribution in [0.2, 0.25) is 0 Å². The van der Waals surface area contributed by atoms with Gasteiger partial charge < -0.3 is 17.7 Å². The maximum atomic E-state index is 12.7. The molecule has 0 saturated carbocycles. The highest BCUT2D eigenvalue weighted by Gasteiger charge is 2.30. The van der Waals surface area contributed by atoms with Gasteiger partial charge in [0.15, 0.2) is 0 Å². The summed E-state index contributed by atoms with van der Waals surface area (Å²) in [5.74, 6) is -0.0683. The maximum Gasteiger partial charge on any atom is 0.513 e. The monoisotopic (exact) mass is 231 g/mol. The van der Waals surface area contributed by atoms with Gasteiger partial charge in [0.05, 0.1) is 7.11 Å². The van der Waals surface area contributed by atoms with E-state index in [1.165, 1.54) is 24.5 Å². The zero-order chi connectivity index (χ0) is 11.1. The Morgan fingerprint density at radius 3 is 2.53 bits per heavy atom. The predicted octanol–water partition coefficient (Wildman–Crippen LogP) is 2.96. The van der Waals surface area contributed by atoms with Crippen LogP contribution >= 0.6 is 11.3 Å². The topological polar surface area (TPSA) is 9.23 Å². The number of methoxy groups -OCH3 is 1. The highest BCUT2D eigenvalue weighted by atomic mass is 32.1. The van der Waals surface area contributed by atoms with Gasteiger partial charge in [0, 0.05) is 10.1 Å². The summed E-state index contributed by atoms with van der Waals surface area (Å²) in [4.78, 5) is 0. The molecule has 1 aromatic carbocycles. The van der Waals surface area contributed by atoms with Gasteiger partial charge >= 0.3 is 6.98 Å². The van der Waals surface area contributed by atoms with Gasteiger partial charge in [0.25, 0.3) is 0 Å². The van der Waals surface area contributed by atoms with Gasteiger partial charge in [-0.2, -0.15) is 0 Å². The van der Waals surface area contributed by atoms with Gasteiger partial charge in [-0.1, -0.05) is 11.5 Å². The van der Waals surface area contributed by atoms with Crippen LogP contribution in [-0.2, 0) is 0 Å². The lowest BCUT2D eigenvalue weighted by Gasteiger charge is -2.19. The van der Waals surface area contributed by atoms with Crippen molar-refractivity contribution in [2.45, 2.75) is 0 Å². The lowest BCUT2D eigenvalue weighted by molar-refractivity contribution is 0.417. The van der Waals surface area contributed by atoms with E-state index in [9.17, 15) is 12.9 Å². The van der Waals surface area contributed by atoms with Crippen LogP contribution < -0.4 is 10.2 Å². The lowest BCUT2D eigenvalue weighted by Crippen LogP contribution is -2.35. The van der Waals surface area contributed by atoms with Crippen molar-refractivity contribution in [3.8, 4) is 5.75 Å². The van der Waals surface area contributed by atoms with E-state index in [0.717, 1.165) is 10.8 Å². The fourth-order valence-corrected chi connectivity index (χ4v) is 2.30. The summed E-state index contributed by atoms with van der Waals surface area (Å²) in [5.41, 5.74) is -0.664. The van der Waals surface area contributed by atoms with Gasteiger partial charge in [-0.15, -0.1) is 11.3 Å². The Bertz CT molecular complexity index is 492. The number of ether oxygens (including phenoxy) is 1. The van der Waals surface area contributed by atoms with Crippen LogP contribution in [0.1, 0.15) is 0 Å². The summed E-state index contributed by atoms with van der Waals surface area (Å²) < 4.78 is 43.6. The van der Waals surface area contributed by atoms with E-state index in [0.29, 0.717) is 5.39 Å². The number of fused-ring (bicyclic) bond motifs is 1. The van der Waals surface area contributed by atoms with Gasteiger partial charge in [0.2, 0.25) is 0 Å². The zero-order valence-corrected chi connectivity index (χ0v) is 8.65. The predicted molar refractivity (Wildman–Crippen MR) is 57.1 cm³/mol. The van der Waals surface area contributed by atoms with Crippen LogP contribution in [0.15, 0.2) is 23.6 Å². The van der Waals surface area contributed by atoms with Crippen molar-refractivity contribution in [2.24, 2.45) is 0 Å². The summed E-state index contributed by atoms with van der Waals surface area (Å²) in [6.07, 6.45) is 0. The second kappa shape index (κ2) is 3.45. The summed E-state index contributed by atoms with van der Waals surface area (Å²) >= 11 is 1.40. The number of rotatable bonds is 2. The molecule has 0 fully saturated rings. The molecule has 6 heteroatoms. The summed E-state index contributed by atoms with van der Waals surface area (Å²) in [6, 6.07) is 4.20. The molecule has 0 atom stereocenters. The molecule has 80 valence electrons. The molecule has 2 aromatic rings. The van der Waals surface area contributed by atoms with Crippen molar-refractivity contribution < 1.29 is 17.7 Å². The number of benzene rings is 1. The molecule has 15 heavy (non-hydrogen) atoms. The Kier molecular flexibility index (Phi) is 2.38. The molecule has 2 rings (SSSR count).